The number of ketones is 1. The van der Waals surface area contributed by atoms with E-state index in [4.69, 9.17) is 0 Å². The van der Waals surface area contributed by atoms with Gasteiger partial charge < -0.3 is 5.11 Å². The number of carbonyl (C=O) groups excluding carboxylic acids is 1. The molecule has 3 heteroatoms. The van der Waals surface area contributed by atoms with Gasteiger partial charge in [0, 0.05) is 17.9 Å². The zero-order chi connectivity index (χ0) is 9.14. The largest absolute Gasteiger partial charge is 0.392 e. The monoisotopic (exact) mass is 188 g/mol. The van der Waals surface area contributed by atoms with Gasteiger partial charge in [0.15, 0.2) is 0 Å². The molecule has 1 N–H and O–H groups in total. The minimum atomic E-state index is -0.440. The maximum absolute atomic E-state index is 11.4. The molecule has 2 atom stereocenters. The summed E-state index contributed by atoms with van der Waals surface area (Å²) >= 11 is 1.77. The van der Waals surface area contributed by atoms with Crippen molar-refractivity contribution in [2.75, 3.05) is 11.5 Å². The number of Topliss-reactive ketones (excluding diaryl/α,β-unsaturated/α-hetero) is 1. The van der Waals surface area contributed by atoms with E-state index < -0.39 is 6.10 Å². The number of hydrogen-bond donors (Lipinski definition) is 1. The van der Waals surface area contributed by atoms with E-state index in [-0.39, 0.29) is 17.6 Å². The Labute approximate surface area is 77.7 Å². The molecule has 0 aromatic rings. The van der Waals surface area contributed by atoms with E-state index in [9.17, 15) is 9.90 Å². The summed E-state index contributed by atoms with van der Waals surface area (Å²) in [7, 11) is 0. The van der Waals surface area contributed by atoms with E-state index in [0.717, 1.165) is 11.5 Å². The second-order valence-corrected chi connectivity index (χ2v) is 4.78. The number of rotatable bonds is 2. The number of thioether (sulfide) groups is 1. The lowest BCUT2D eigenvalue weighted by atomic mass is 9.90. The van der Waals surface area contributed by atoms with Crippen LogP contribution in [0.2, 0.25) is 0 Å². The molecule has 0 aliphatic carbocycles. The van der Waals surface area contributed by atoms with Crippen molar-refractivity contribution < 1.29 is 9.90 Å². The lowest BCUT2D eigenvalue weighted by molar-refractivity contribution is -0.126. The summed E-state index contributed by atoms with van der Waals surface area (Å²) in [6, 6.07) is 0. The van der Waals surface area contributed by atoms with Gasteiger partial charge >= 0.3 is 0 Å². The van der Waals surface area contributed by atoms with E-state index in [1.807, 2.05) is 13.8 Å². The number of aliphatic hydroxyl groups is 1. The van der Waals surface area contributed by atoms with E-state index >= 15 is 0 Å². The third-order valence-electron chi connectivity index (χ3n) is 2.30. The van der Waals surface area contributed by atoms with Gasteiger partial charge in [-0.25, -0.2) is 0 Å². The molecule has 1 aliphatic heterocycles. The molecule has 0 unspecified atom stereocenters. The van der Waals surface area contributed by atoms with Gasteiger partial charge in [-0.3, -0.25) is 4.79 Å². The van der Waals surface area contributed by atoms with Gasteiger partial charge in [-0.05, 0) is 5.92 Å². The lowest BCUT2D eigenvalue weighted by Crippen LogP contribution is -2.36. The molecule has 1 heterocycles. The van der Waals surface area contributed by atoms with Crippen LogP contribution in [0.3, 0.4) is 0 Å². The molecule has 0 saturated carbocycles. The topological polar surface area (TPSA) is 37.3 Å². The standard InChI is InChI=1S/C9H16O2S/c1-6(2)9(11)7-5-12-4-3-8(7)10/h6-7,9,11H,3-5H2,1-2H3/t7-,9+/m1/s1. The van der Waals surface area contributed by atoms with Gasteiger partial charge in [-0.15, -0.1) is 0 Å². The third-order valence-corrected chi connectivity index (χ3v) is 3.39. The first-order valence-electron chi connectivity index (χ1n) is 4.41. The van der Waals surface area contributed by atoms with Gasteiger partial charge in [0.2, 0.25) is 0 Å². The fourth-order valence-corrected chi connectivity index (χ4v) is 2.56. The Balaban J connectivity index is 2.53. The number of aliphatic hydroxyl groups excluding tert-OH is 1. The predicted molar refractivity (Wildman–Crippen MR) is 51.3 cm³/mol. The second-order valence-electron chi connectivity index (χ2n) is 3.63. The Morgan fingerprint density at radius 2 is 2.25 bits per heavy atom. The van der Waals surface area contributed by atoms with Gasteiger partial charge in [0.25, 0.3) is 0 Å². The first kappa shape index (κ1) is 10.1. The molecule has 2 nitrogen and oxygen atoms in total. The Bertz CT molecular complexity index is 168. The van der Waals surface area contributed by atoms with Crippen LogP contribution >= 0.6 is 11.8 Å². The normalized spacial score (nSPS) is 27.7. The smallest absolute Gasteiger partial charge is 0.140 e. The van der Waals surface area contributed by atoms with Gasteiger partial charge in [0.05, 0.1) is 12.0 Å². The maximum Gasteiger partial charge on any atom is 0.140 e. The Morgan fingerprint density at radius 1 is 1.58 bits per heavy atom. The van der Waals surface area contributed by atoms with Crippen LogP contribution in [0.25, 0.3) is 0 Å². The first-order chi connectivity index (χ1) is 5.63. The Hall–Kier alpha value is -0.0200. The van der Waals surface area contributed by atoms with Crippen LogP contribution < -0.4 is 0 Å². The molecule has 0 bridgehead atoms. The molecule has 70 valence electrons. The van der Waals surface area contributed by atoms with Crippen molar-refractivity contribution in [3.8, 4) is 0 Å². The summed E-state index contributed by atoms with van der Waals surface area (Å²) < 4.78 is 0. The fraction of sp³-hybridized carbons (Fsp3) is 0.889. The minimum Gasteiger partial charge on any atom is -0.392 e. The highest BCUT2D eigenvalue weighted by molar-refractivity contribution is 7.99. The average molecular weight is 188 g/mol. The molecule has 0 amide bonds. The van der Waals surface area contributed by atoms with Crippen molar-refractivity contribution in [1.29, 1.82) is 0 Å². The maximum atomic E-state index is 11.4. The summed E-state index contributed by atoms with van der Waals surface area (Å²) in [6.07, 6.45) is 0.198. The van der Waals surface area contributed by atoms with Crippen molar-refractivity contribution in [2.45, 2.75) is 26.4 Å². The van der Waals surface area contributed by atoms with Crippen molar-refractivity contribution >= 4 is 17.5 Å². The van der Waals surface area contributed by atoms with Crippen molar-refractivity contribution in [3.63, 3.8) is 0 Å². The zero-order valence-electron chi connectivity index (χ0n) is 7.62. The van der Waals surface area contributed by atoms with Gasteiger partial charge in [0.1, 0.15) is 5.78 Å². The highest BCUT2D eigenvalue weighted by Gasteiger charge is 2.30. The van der Waals surface area contributed by atoms with E-state index in [0.29, 0.717) is 6.42 Å². The fourth-order valence-electron chi connectivity index (χ4n) is 1.42. The highest BCUT2D eigenvalue weighted by atomic mass is 32.2. The summed E-state index contributed by atoms with van der Waals surface area (Å²) in [4.78, 5) is 11.4. The molecule has 1 rings (SSSR count). The van der Waals surface area contributed by atoms with Crippen molar-refractivity contribution in [2.24, 2.45) is 11.8 Å². The SMILES string of the molecule is CC(C)[C@H](O)[C@@H]1CSCCC1=O. The quantitative estimate of drug-likeness (QED) is 0.710. The average Bonchev–Trinajstić information content (AvgIpc) is 2.04. The predicted octanol–water partition coefficient (Wildman–Crippen LogP) is 1.33. The minimum absolute atomic E-state index is 0.108. The first-order valence-corrected chi connectivity index (χ1v) is 5.57. The molecule has 0 aromatic carbocycles. The molecule has 1 saturated heterocycles. The van der Waals surface area contributed by atoms with Crippen LogP contribution in [0.15, 0.2) is 0 Å². The summed E-state index contributed by atoms with van der Waals surface area (Å²) in [5.74, 6) is 2.06. The van der Waals surface area contributed by atoms with E-state index in [1.54, 1.807) is 11.8 Å². The van der Waals surface area contributed by atoms with Crippen LogP contribution in [-0.4, -0.2) is 28.5 Å². The number of hydrogen-bond acceptors (Lipinski definition) is 3. The third kappa shape index (κ3) is 2.23. The summed E-state index contributed by atoms with van der Waals surface area (Å²) in [5.41, 5.74) is 0. The van der Waals surface area contributed by atoms with Crippen molar-refractivity contribution in [1.82, 2.24) is 0 Å². The Kier molecular flexibility index (Phi) is 3.59. The molecular weight excluding hydrogens is 172 g/mol. The van der Waals surface area contributed by atoms with Crippen LogP contribution in [0.4, 0.5) is 0 Å². The molecule has 0 radical (unpaired) electrons. The number of carbonyl (C=O) groups is 1. The molecule has 1 aliphatic rings. The van der Waals surface area contributed by atoms with Crippen molar-refractivity contribution in [3.05, 3.63) is 0 Å². The van der Waals surface area contributed by atoms with Crippen LogP contribution in [-0.2, 0) is 4.79 Å². The van der Waals surface area contributed by atoms with Gasteiger partial charge in [-0.1, -0.05) is 13.8 Å². The molecule has 0 spiro atoms. The molecular formula is C9H16O2S. The van der Waals surface area contributed by atoms with Gasteiger partial charge in [-0.2, -0.15) is 11.8 Å². The lowest BCUT2D eigenvalue weighted by Gasteiger charge is -2.27. The Morgan fingerprint density at radius 3 is 2.75 bits per heavy atom. The van der Waals surface area contributed by atoms with Crippen LogP contribution in [0, 0.1) is 11.8 Å². The molecule has 12 heavy (non-hydrogen) atoms. The second kappa shape index (κ2) is 4.28. The van der Waals surface area contributed by atoms with E-state index in [1.165, 1.54) is 0 Å². The zero-order valence-corrected chi connectivity index (χ0v) is 8.43. The summed E-state index contributed by atoms with van der Waals surface area (Å²) in [6.45, 7) is 3.91. The molecule has 1 fully saturated rings. The van der Waals surface area contributed by atoms with E-state index in [2.05, 4.69) is 0 Å². The highest BCUT2D eigenvalue weighted by Crippen LogP contribution is 2.25. The molecule has 0 aromatic heterocycles. The summed E-state index contributed by atoms with van der Waals surface area (Å²) in [5, 5.41) is 9.69. The van der Waals surface area contributed by atoms with Crippen LogP contribution in [0.5, 0.6) is 0 Å². The van der Waals surface area contributed by atoms with Crippen LogP contribution in [0.1, 0.15) is 20.3 Å².